The normalized spacial score (nSPS) is 15.1. The monoisotopic (exact) mass is 563 g/mol. The third-order valence-corrected chi connectivity index (χ3v) is 8.64. The van der Waals surface area contributed by atoms with E-state index in [1.807, 2.05) is 24.5 Å². The van der Waals surface area contributed by atoms with E-state index >= 15 is 0 Å². The second-order valence-corrected chi connectivity index (χ2v) is 11.4. The van der Waals surface area contributed by atoms with Crippen molar-refractivity contribution in [2.24, 2.45) is 0 Å². The van der Waals surface area contributed by atoms with Crippen molar-refractivity contribution in [2.75, 3.05) is 18.4 Å². The summed E-state index contributed by atoms with van der Waals surface area (Å²) in [5.41, 5.74) is 11.2. The molecule has 0 unspecified atom stereocenters. The minimum atomic E-state index is 0.200. The number of hydrogen-bond acceptors (Lipinski definition) is 7. The Bertz CT molecular complexity index is 1770. The number of piperidine rings is 1. The number of nitrogens with one attached hydrogen (secondary N) is 1. The van der Waals surface area contributed by atoms with E-state index in [0.717, 1.165) is 63.3 Å². The minimum Gasteiger partial charge on any atom is -0.367 e. The zero-order valence-corrected chi connectivity index (χ0v) is 24.1. The third kappa shape index (κ3) is 5.75. The SMILES string of the molecule is N#Cc1nccc(NC2CCN(Cc3ccc(-c4cnc5c(c4-c4ccccc4)CCCc4cnccc4-5)cc3)CC2)n1. The van der Waals surface area contributed by atoms with Gasteiger partial charge >= 0.3 is 0 Å². The van der Waals surface area contributed by atoms with Crippen molar-refractivity contribution in [1.29, 1.82) is 5.26 Å². The van der Waals surface area contributed by atoms with E-state index in [1.165, 1.54) is 44.5 Å². The number of nitrogens with zero attached hydrogens (tertiary/aromatic N) is 6. The Kier molecular flexibility index (Phi) is 7.60. The Morgan fingerprint density at radius 1 is 0.837 bits per heavy atom. The van der Waals surface area contributed by atoms with E-state index in [-0.39, 0.29) is 5.82 Å². The topological polar surface area (TPSA) is 90.6 Å². The number of nitriles is 1. The Balaban J connectivity index is 1.10. The lowest BCUT2D eigenvalue weighted by Crippen LogP contribution is -2.38. The maximum Gasteiger partial charge on any atom is 0.234 e. The van der Waals surface area contributed by atoms with Crippen LogP contribution in [0.3, 0.4) is 0 Å². The smallest absolute Gasteiger partial charge is 0.234 e. The average molecular weight is 564 g/mol. The molecule has 0 amide bonds. The molecule has 0 radical (unpaired) electrons. The number of fused-ring (bicyclic) bond motifs is 3. The second kappa shape index (κ2) is 12.1. The Labute approximate surface area is 252 Å². The fraction of sp³-hybridized carbons (Fsp3) is 0.250. The van der Waals surface area contributed by atoms with E-state index in [4.69, 9.17) is 10.2 Å². The minimum absolute atomic E-state index is 0.200. The highest BCUT2D eigenvalue weighted by atomic mass is 15.1. The number of likely N-dealkylation sites (tertiary alicyclic amines) is 1. The van der Waals surface area contributed by atoms with Crippen LogP contribution in [0.1, 0.15) is 41.8 Å². The van der Waals surface area contributed by atoms with Gasteiger partial charge in [0.05, 0.1) is 5.69 Å². The lowest BCUT2D eigenvalue weighted by molar-refractivity contribution is 0.211. The molecule has 0 bridgehead atoms. The van der Waals surface area contributed by atoms with Gasteiger partial charge in [-0.2, -0.15) is 5.26 Å². The largest absolute Gasteiger partial charge is 0.367 e. The summed E-state index contributed by atoms with van der Waals surface area (Å²) in [7, 11) is 0. The molecule has 0 atom stereocenters. The molecular formula is C36H33N7. The molecule has 212 valence electrons. The highest BCUT2D eigenvalue weighted by molar-refractivity contribution is 5.89. The van der Waals surface area contributed by atoms with Crippen LogP contribution in [0.5, 0.6) is 0 Å². The molecule has 2 aliphatic rings. The van der Waals surface area contributed by atoms with Crippen LogP contribution in [-0.2, 0) is 19.4 Å². The van der Waals surface area contributed by atoms with E-state index in [2.05, 4.69) is 92.0 Å². The first-order valence-corrected chi connectivity index (χ1v) is 15.1. The second-order valence-electron chi connectivity index (χ2n) is 11.4. The Morgan fingerprint density at radius 2 is 1.67 bits per heavy atom. The summed E-state index contributed by atoms with van der Waals surface area (Å²) in [5, 5.41) is 12.5. The molecule has 2 aromatic carbocycles. The van der Waals surface area contributed by atoms with E-state index in [1.54, 1.807) is 6.20 Å². The van der Waals surface area contributed by atoms with E-state index in [0.29, 0.717) is 6.04 Å². The van der Waals surface area contributed by atoms with Crippen molar-refractivity contribution in [3.05, 3.63) is 114 Å². The van der Waals surface area contributed by atoms with Crippen LogP contribution >= 0.6 is 0 Å². The standard InChI is InChI=1S/C36H33N7/c37-21-34-39-18-14-33(42-34)41-29-15-19-43(20-16-29)24-25-9-11-26(12-10-25)32-23-40-36-30-13-17-38-22-28(30)7-4-8-31(36)35(32)27-5-2-1-3-6-27/h1-3,5-6,9-14,17-18,22-23,29H,4,7-8,15-16,19-20,24H2,(H,39,41,42). The van der Waals surface area contributed by atoms with Crippen molar-refractivity contribution < 1.29 is 0 Å². The zero-order chi connectivity index (χ0) is 29.0. The quantitative estimate of drug-likeness (QED) is 0.246. The Hall–Kier alpha value is -4.93. The lowest BCUT2D eigenvalue weighted by atomic mass is 9.88. The number of benzene rings is 2. The molecule has 5 aromatic rings. The van der Waals surface area contributed by atoms with Crippen LogP contribution in [0.4, 0.5) is 5.82 Å². The molecule has 1 N–H and O–H groups in total. The summed E-state index contributed by atoms with van der Waals surface area (Å²) >= 11 is 0. The highest BCUT2D eigenvalue weighted by Gasteiger charge is 2.23. The fourth-order valence-electron chi connectivity index (χ4n) is 6.48. The predicted molar refractivity (Wildman–Crippen MR) is 169 cm³/mol. The van der Waals surface area contributed by atoms with Gasteiger partial charge in [0, 0.05) is 61.6 Å². The molecule has 1 aliphatic heterocycles. The van der Waals surface area contributed by atoms with E-state index in [9.17, 15) is 0 Å². The number of aromatic nitrogens is 4. The molecule has 43 heavy (non-hydrogen) atoms. The predicted octanol–water partition coefficient (Wildman–Crippen LogP) is 6.70. The van der Waals surface area contributed by atoms with Crippen LogP contribution in [0.15, 0.2) is 91.5 Å². The molecule has 7 rings (SSSR count). The maximum atomic E-state index is 9.07. The lowest BCUT2D eigenvalue weighted by Gasteiger charge is -2.32. The van der Waals surface area contributed by atoms with Gasteiger partial charge in [0.25, 0.3) is 0 Å². The summed E-state index contributed by atoms with van der Waals surface area (Å²) < 4.78 is 0. The third-order valence-electron chi connectivity index (χ3n) is 8.64. The highest BCUT2D eigenvalue weighted by Crippen LogP contribution is 2.41. The molecule has 7 nitrogen and oxygen atoms in total. The van der Waals surface area contributed by atoms with Crippen LogP contribution < -0.4 is 5.32 Å². The number of aryl methyl sites for hydroxylation is 1. The zero-order valence-electron chi connectivity index (χ0n) is 24.1. The number of rotatable bonds is 6. The van der Waals surface area contributed by atoms with Gasteiger partial charge in [-0.25, -0.2) is 9.97 Å². The fourth-order valence-corrected chi connectivity index (χ4v) is 6.48. The molecule has 0 saturated carbocycles. The summed E-state index contributed by atoms with van der Waals surface area (Å²) in [6, 6.07) is 26.1. The molecule has 7 heteroatoms. The van der Waals surface area contributed by atoms with Gasteiger partial charge in [-0.1, -0.05) is 54.6 Å². The number of hydrogen-bond donors (Lipinski definition) is 1. The van der Waals surface area contributed by atoms with E-state index < -0.39 is 0 Å². The first-order valence-electron chi connectivity index (χ1n) is 15.1. The number of anilines is 1. The molecule has 1 aliphatic carbocycles. The summed E-state index contributed by atoms with van der Waals surface area (Å²) in [4.78, 5) is 20.2. The van der Waals surface area contributed by atoms with Gasteiger partial charge in [0.2, 0.25) is 5.82 Å². The van der Waals surface area contributed by atoms with Crippen molar-refractivity contribution >= 4 is 5.82 Å². The van der Waals surface area contributed by atoms with Gasteiger partial charge in [-0.3, -0.25) is 14.9 Å². The molecule has 1 saturated heterocycles. The van der Waals surface area contributed by atoms with Crippen molar-refractivity contribution in [2.45, 2.75) is 44.7 Å². The molecular weight excluding hydrogens is 530 g/mol. The van der Waals surface area contributed by atoms with Crippen LogP contribution in [0.2, 0.25) is 0 Å². The first kappa shape index (κ1) is 26.9. The summed E-state index contributed by atoms with van der Waals surface area (Å²) in [6.07, 6.45) is 12.8. The Morgan fingerprint density at radius 3 is 2.49 bits per heavy atom. The van der Waals surface area contributed by atoms with Crippen molar-refractivity contribution in [1.82, 2.24) is 24.8 Å². The number of pyridine rings is 2. The first-order chi connectivity index (χ1) is 21.2. The van der Waals surface area contributed by atoms with Crippen LogP contribution in [-0.4, -0.2) is 44.0 Å². The molecule has 4 heterocycles. The summed E-state index contributed by atoms with van der Waals surface area (Å²) in [6.45, 7) is 2.96. The van der Waals surface area contributed by atoms with Gasteiger partial charge in [-0.05, 0) is 77.6 Å². The van der Waals surface area contributed by atoms with Gasteiger partial charge < -0.3 is 5.32 Å². The molecule has 0 spiro atoms. The van der Waals surface area contributed by atoms with Crippen LogP contribution in [0, 0.1) is 11.3 Å². The van der Waals surface area contributed by atoms with Gasteiger partial charge in [0.15, 0.2) is 0 Å². The van der Waals surface area contributed by atoms with Crippen molar-refractivity contribution in [3.8, 4) is 39.6 Å². The molecule has 1 fully saturated rings. The maximum absolute atomic E-state index is 9.07. The van der Waals surface area contributed by atoms with Gasteiger partial charge in [0.1, 0.15) is 11.9 Å². The molecule has 3 aromatic heterocycles. The van der Waals surface area contributed by atoms with Crippen LogP contribution in [0.25, 0.3) is 33.5 Å². The average Bonchev–Trinajstić information content (AvgIpc) is 3.26. The van der Waals surface area contributed by atoms with Crippen molar-refractivity contribution in [3.63, 3.8) is 0 Å². The van der Waals surface area contributed by atoms with Gasteiger partial charge in [-0.15, -0.1) is 0 Å². The summed E-state index contributed by atoms with van der Waals surface area (Å²) in [5.74, 6) is 0.926.